The first-order valence-electron chi connectivity index (χ1n) is 7.88. The summed E-state index contributed by atoms with van der Waals surface area (Å²) in [4.78, 5) is 21.2. The van der Waals surface area contributed by atoms with Crippen LogP contribution in [0.3, 0.4) is 0 Å². The minimum atomic E-state index is -0.460. The third kappa shape index (κ3) is 3.58. The number of anilines is 2. The van der Waals surface area contributed by atoms with Crippen LogP contribution in [0.25, 0.3) is 0 Å². The zero-order chi connectivity index (χ0) is 16.9. The maximum Gasteiger partial charge on any atom is 0.353 e. The number of nitrogens with one attached hydrogen (secondary N) is 1. The van der Waals surface area contributed by atoms with Crippen molar-refractivity contribution < 1.29 is 9.31 Å². The van der Waals surface area contributed by atoms with Gasteiger partial charge in [-0.25, -0.2) is 14.4 Å². The van der Waals surface area contributed by atoms with Crippen molar-refractivity contribution in [2.24, 2.45) is 0 Å². The molecule has 0 aliphatic carbocycles. The molecule has 0 saturated carbocycles. The number of nitrogens with zero attached hydrogens (tertiary/aromatic N) is 4. The van der Waals surface area contributed by atoms with Gasteiger partial charge in [0.1, 0.15) is 12.1 Å². The maximum atomic E-state index is 13.2. The Morgan fingerprint density at radius 3 is 2.75 bits per heavy atom. The fourth-order valence-corrected chi connectivity index (χ4v) is 2.84. The summed E-state index contributed by atoms with van der Waals surface area (Å²) in [5, 5.41) is 14.5. The van der Waals surface area contributed by atoms with Crippen LogP contribution in [-0.2, 0) is 6.54 Å². The van der Waals surface area contributed by atoms with Gasteiger partial charge in [0.25, 0.3) is 0 Å². The molecule has 1 aliphatic rings. The summed E-state index contributed by atoms with van der Waals surface area (Å²) in [6, 6.07) is 6.07. The Balaban J connectivity index is 1.85. The summed E-state index contributed by atoms with van der Waals surface area (Å²) in [6.07, 6.45) is 4.44. The number of benzene rings is 1. The van der Waals surface area contributed by atoms with Crippen LogP contribution in [0.15, 0.2) is 30.6 Å². The Kier molecular flexibility index (Phi) is 4.83. The summed E-state index contributed by atoms with van der Waals surface area (Å²) >= 11 is 0. The van der Waals surface area contributed by atoms with Crippen molar-refractivity contribution in [3.05, 3.63) is 52.1 Å². The summed E-state index contributed by atoms with van der Waals surface area (Å²) in [5.74, 6) is 0.150. The molecular weight excluding hydrogens is 313 g/mol. The molecule has 0 amide bonds. The van der Waals surface area contributed by atoms with Gasteiger partial charge >= 0.3 is 5.69 Å². The number of piperidine rings is 1. The topological polar surface area (TPSA) is 84.2 Å². The summed E-state index contributed by atoms with van der Waals surface area (Å²) < 4.78 is 13.2. The number of aromatic nitrogens is 2. The van der Waals surface area contributed by atoms with E-state index in [1.807, 2.05) is 4.90 Å². The Bertz CT molecular complexity index is 734. The average Bonchev–Trinajstić information content (AvgIpc) is 2.60. The lowest BCUT2D eigenvalue weighted by atomic mass is 10.1. The van der Waals surface area contributed by atoms with E-state index in [4.69, 9.17) is 0 Å². The van der Waals surface area contributed by atoms with Gasteiger partial charge in [-0.3, -0.25) is 10.1 Å². The molecule has 0 atom stereocenters. The van der Waals surface area contributed by atoms with E-state index in [-0.39, 0.29) is 23.9 Å². The van der Waals surface area contributed by atoms with E-state index in [9.17, 15) is 14.5 Å². The molecule has 126 valence electrons. The molecule has 0 spiro atoms. The molecule has 2 heterocycles. The Labute approximate surface area is 138 Å². The second-order valence-electron chi connectivity index (χ2n) is 5.68. The lowest BCUT2D eigenvalue weighted by molar-refractivity contribution is -0.383. The largest absolute Gasteiger partial charge is 0.360 e. The van der Waals surface area contributed by atoms with Crippen LogP contribution in [0.5, 0.6) is 0 Å². The molecule has 8 heteroatoms. The standard InChI is InChI=1S/C16H18FN5O2/c17-13-6-4-5-12(9-13)10-18-15-14(22(23)24)16(20-11-19-15)21-7-2-1-3-8-21/h4-6,9,11H,1-3,7-8,10H2,(H,18,19,20). The zero-order valence-electron chi connectivity index (χ0n) is 13.1. The highest BCUT2D eigenvalue weighted by molar-refractivity contribution is 5.70. The Morgan fingerprint density at radius 1 is 1.25 bits per heavy atom. The molecule has 24 heavy (non-hydrogen) atoms. The lowest BCUT2D eigenvalue weighted by Gasteiger charge is -2.27. The molecule has 0 radical (unpaired) electrons. The van der Waals surface area contributed by atoms with Crippen LogP contribution < -0.4 is 10.2 Å². The predicted octanol–water partition coefficient (Wildman–Crippen LogP) is 3.13. The third-order valence-electron chi connectivity index (χ3n) is 3.99. The number of hydrogen-bond acceptors (Lipinski definition) is 6. The van der Waals surface area contributed by atoms with Gasteiger partial charge in [-0.05, 0) is 37.0 Å². The van der Waals surface area contributed by atoms with Gasteiger partial charge in [-0.2, -0.15) is 0 Å². The van der Waals surface area contributed by atoms with Crippen LogP contribution in [0.1, 0.15) is 24.8 Å². The van der Waals surface area contributed by atoms with E-state index in [1.54, 1.807) is 12.1 Å². The van der Waals surface area contributed by atoms with Gasteiger partial charge in [0.2, 0.25) is 11.6 Å². The molecule has 1 aromatic carbocycles. The summed E-state index contributed by atoms with van der Waals surface area (Å²) in [6.45, 7) is 1.75. The number of nitro groups is 1. The van der Waals surface area contributed by atoms with Gasteiger partial charge in [0, 0.05) is 19.6 Å². The Hall–Kier alpha value is -2.77. The third-order valence-corrected chi connectivity index (χ3v) is 3.99. The van der Waals surface area contributed by atoms with E-state index in [2.05, 4.69) is 15.3 Å². The van der Waals surface area contributed by atoms with Gasteiger partial charge in [0.15, 0.2) is 0 Å². The van der Waals surface area contributed by atoms with E-state index in [0.29, 0.717) is 11.4 Å². The molecule has 1 aliphatic heterocycles. The Morgan fingerprint density at radius 2 is 2.04 bits per heavy atom. The minimum absolute atomic E-state index is 0.129. The van der Waals surface area contributed by atoms with Crippen LogP contribution in [0, 0.1) is 15.9 Å². The average molecular weight is 331 g/mol. The van der Waals surface area contributed by atoms with Crippen molar-refractivity contribution in [2.45, 2.75) is 25.8 Å². The van der Waals surface area contributed by atoms with E-state index < -0.39 is 4.92 Å². The van der Waals surface area contributed by atoms with E-state index >= 15 is 0 Å². The van der Waals surface area contributed by atoms with Crippen LogP contribution in [-0.4, -0.2) is 28.0 Å². The SMILES string of the molecule is O=[N+]([O-])c1c(NCc2cccc(F)c2)ncnc1N1CCCCC1. The van der Waals surface area contributed by atoms with Crippen molar-refractivity contribution in [1.29, 1.82) is 0 Å². The molecule has 1 fully saturated rings. The fourth-order valence-electron chi connectivity index (χ4n) is 2.84. The first-order chi connectivity index (χ1) is 11.6. The summed E-state index contributed by atoms with van der Waals surface area (Å²) in [5.41, 5.74) is 0.554. The van der Waals surface area contributed by atoms with Crippen LogP contribution in [0.2, 0.25) is 0 Å². The van der Waals surface area contributed by atoms with Gasteiger partial charge < -0.3 is 10.2 Å². The fraction of sp³-hybridized carbons (Fsp3) is 0.375. The highest BCUT2D eigenvalue weighted by Crippen LogP contribution is 2.33. The highest BCUT2D eigenvalue weighted by atomic mass is 19.1. The molecule has 1 N–H and O–H groups in total. The number of hydrogen-bond donors (Lipinski definition) is 1. The van der Waals surface area contributed by atoms with Crippen molar-refractivity contribution in [3.8, 4) is 0 Å². The van der Waals surface area contributed by atoms with Gasteiger partial charge in [0.05, 0.1) is 4.92 Å². The van der Waals surface area contributed by atoms with Gasteiger partial charge in [-0.15, -0.1) is 0 Å². The second-order valence-corrected chi connectivity index (χ2v) is 5.68. The minimum Gasteiger partial charge on any atom is -0.360 e. The molecule has 2 aromatic rings. The number of halogens is 1. The zero-order valence-corrected chi connectivity index (χ0v) is 13.1. The van der Waals surface area contributed by atoms with E-state index in [0.717, 1.165) is 32.4 Å². The number of rotatable bonds is 5. The van der Waals surface area contributed by atoms with Crippen LogP contribution in [0.4, 0.5) is 21.7 Å². The van der Waals surface area contributed by atoms with Crippen molar-refractivity contribution >= 4 is 17.3 Å². The van der Waals surface area contributed by atoms with Crippen LogP contribution >= 0.6 is 0 Å². The van der Waals surface area contributed by atoms with Crippen molar-refractivity contribution in [3.63, 3.8) is 0 Å². The first-order valence-corrected chi connectivity index (χ1v) is 7.88. The predicted molar refractivity (Wildman–Crippen MR) is 88.5 cm³/mol. The summed E-state index contributed by atoms with van der Waals surface area (Å²) in [7, 11) is 0. The molecule has 1 aromatic heterocycles. The molecule has 3 rings (SSSR count). The molecule has 0 unspecified atom stereocenters. The molecule has 1 saturated heterocycles. The van der Waals surface area contributed by atoms with E-state index in [1.165, 1.54) is 18.5 Å². The van der Waals surface area contributed by atoms with Gasteiger partial charge in [-0.1, -0.05) is 12.1 Å². The second kappa shape index (κ2) is 7.20. The van der Waals surface area contributed by atoms with Crippen molar-refractivity contribution in [1.82, 2.24) is 9.97 Å². The smallest absolute Gasteiger partial charge is 0.353 e. The quantitative estimate of drug-likeness (QED) is 0.669. The van der Waals surface area contributed by atoms with Crippen molar-refractivity contribution in [2.75, 3.05) is 23.3 Å². The maximum absolute atomic E-state index is 13.2. The lowest BCUT2D eigenvalue weighted by Crippen LogP contribution is -2.31. The molecular formula is C16H18FN5O2. The molecule has 7 nitrogen and oxygen atoms in total. The normalized spacial score (nSPS) is 14.5. The monoisotopic (exact) mass is 331 g/mol. The molecule has 0 bridgehead atoms. The highest BCUT2D eigenvalue weighted by Gasteiger charge is 2.27. The first kappa shape index (κ1) is 16.1.